The van der Waals surface area contributed by atoms with Crippen molar-refractivity contribution in [3.63, 3.8) is 0 Å². The van der Waals surface area contributed by atoms with Crippen LogP contribution >= 0.6 is 0 Å². The van der Waals surface area contributed by atoms with Crippen molar-refractivity contribution >= 4 is 43.6 Å². The van der Waals surface area contributed by atoms with E-state index in [1.165, 1.54) is 54.8 Å². The van der Waals surface area contributed by atoms with Crippen molar-refractivity contribution in [3.05, 3.63) is 163 Å². The van der Waals surface area contributed by atoms with Gasteiger partial charge in [-0.2, -0.15) is 0 Å². The lowest BCUT2D eigenvalue weighted by atomic mass is 9.82. The SMILES string of the molecule is CC1(C)c2ccccc2-c2cc3c4c5ccccc5ccc4n(-c4ccc(-c5nc6ccccc6nc5-c5ccccc5)cc4)c3cc21. The van der Waals surface area contributed by atoms with Crippen molar-refractivity contribution in [1.82, 2.24) is 14.5 Å². The van der Waals surface area contributed by atoms with E-state index >= 15 is 0 Å². The van der Waals surface area contributed by atoms with Crippen LogP contribution in [0.3, 0.4) is 0 Å². The monoisotopic (exact) mass is 613 g/mol. The molecule has 0 bridgehead atoms. The lowest BCUT2D eigenvalue weighted by molar-refractivity contribution is 0.661. The van der Waals surface area contributed by atoms with Crippen LogP contribution in [0.4, 0.5) is 0 Å². The Balaban J connectivity index is 1.22. The summed E-state index contributed by atoms with van der Waals surface area (Å²) in [5.41, 5.74) is 14.6. The molecule has 0 fully saturated rings. The molecule has 1 aliphatic carbocycles. The summed E-state index contributed by atoms with van der Waals surface area (Å²) in [5, 5.41) is 5.11. The van der Waals surface area contributed by atoms with Gasteiger partial charge in [0.2, 0.25) is 0 Å². The Morgan fingerprint density at radius 1 is 0.479 bits per heavy atom. The molecule has 0 atom stereocenters. The molecule has 3 heteroatoms. The van der Waals surface area contributed by atoms with Gasteiger partial charge in [0.05, 0.1) is 33.5 Å². The van der Waals surface area contributed by atoms with Gasteiger partial charge in [0, 0.05) is 33.0 Å². The maximum absolute atomic E-state index is 5.15. The van der Waals surface area contributed by atoms with Crippen LogP contribution in [-0.4, -0.2) is 14.5 Å². The van der Waals surface area contributed by atoms with Crippen molar-refractivity contribution in [2.75, 3.05) is 0 Å². The third-order valence-electron chi connectivity index (χ3n) is 10.4. The molecule has 0 N–H and O–H groups in total. The van der Waals surface area contributed by atoms with Gasteiger partial charge >= 0.3 is 0 Å². The molecule has 226 valence electrons. The van der Waals surface area contributed by atoms with Crippen LogP contribution in [0.15, 0.2) is 152 Å². The molecule has 2 aromatic heterocycles. The Morgan fingerprint density at radius 3 is 1.90 bits per heavy atom. The molecule has 0 aliphatic heterocycles. The van der Waals surface area contributed by atoms with Crippen molar-refractivity contribution in [3.8, 4) is 39.3 Å². The van der Waals surface area contributed by atoms with Gasteiger partial charge in [-0.1, -0.05) is 123 Å². The Bertz CT molecular complexity index is 2730. The minimum atomic E-state index is -0.0874. The van der Waals surface area contributed by atoms with Gasteiger partial charge in [-0.15, -0.1) is 0 Å². The van der Waals surface area contributed by atoms with E-state index in [-0.39, 0.29) is 5.41 Å². The largest absolute Gasteiger partial charge is 0.309 e. The average Bonchev–Trinajstić information content (AvgIpc) is 3.59. The molecule has 0 spiro atoms. The summed E-state index contributed by atoms with van der Waals surface area (Å²) in [6, 6.07) is 54.5. The van der Waals surface area contributed by atoms with Gasteiger partial charge in [-0.25, -0.2) is 9.97 Å². The predicted octanol–water partition coefficient (Wildman–Crippen LogP) is 11.5. The Labute approximate surface area is 278 Å². The average molecular weight is 614 g/mol. The topological polar surface area (TPSA) is 30.7 Å². The Kier molecular flexibility index (Phi) is 5.63. The van der Waals surface area contributed by atoms with Crippen LogP contribution in [0.25, 0.3) is 82.9 Å². The second-order valence-electron chi connectivity index (χ2n) is 13.4. The van der Waals surface area contributed by atoms with E-state index in [9.17, 15) is 0 Å². The number of para-hydroxylation sites is 2. The summed E-state index contributed by atoms with van der Waals surface area (Å²) in [4.78, 5) is 10.3. The lowest BCUT2D eigenvalue weighted by Crippen LogP contribution is -2.14. The van der Waals surface area contributed by atoms with Crippen LogP contribution in [0, 0.1) is 0 Å². The van der Waals surface area contributed by atoms with Crippen LogP contribution in [-0.2, 0) is 5.41 Å². The molecule has 0 saturated heterocycles. The molecule has 0 unspecified atom stereocenters. The van der Waals surface area contributed by atoms with Gasteiger partial charge in [0.25, 0.3) is 0 Å². The number of aromatic nitrogens is 3. The summed E-state index contributed by atoms with van der Waals surface area (Å²) < 4.78 is 2.45. The quantitative estimate of drug-likeness (QED) is 0.198. The van der Waals surface area contributed by atoms with Crippen molar-refractivity contribution in [1.29, 1.82) is 0 Å². The zero-order valence-corrected chi connectivity index (χ0v) is 26.8. The van der Waals surface area contributed by atoms with E-state index in [0.29, 0.717) is 0 Å². The maximum Gasteiger partial charge on any atom is 0.0973 e. The van der Waals surface area contributed by atoms with E-state index in [1.807, 2.05) is 30.3 Å². The molecule has 0 amide bonds. The predicted molar refractivity (Wildman–Crippen MR) is 200 cm³/mol. The van der Waals surface area contributed by atoms with Gasteiger partial charge in [-0.05, 0) is 75.5 Å². The molecule has 3 nitrogen and oxygen atoms in total. The number of nitrogens with zero attached hydrogens (tertiary/aromatic N) is 3. The third kappa shape index (κ3) is 3.82. The molecule has 1 aliphatic rings. The second kappa shape index (κ2) is 9.97. The summed E-state index contributed by atoms with van der Waals surface area (Å²) in [6.07, 6.45) is 0. The fraction of sp³-hybridized carbons (Fsp3) is 0.0667. The fourth-order valence-electron chi connectivity index (χ4n) is 8.03. The van der Waals surface area contributed by atoms with E-state index in [1.54, 1.807) is 0 Å². The minimum absolute atomic E-state index is 0.0874. The first-order valence-electron chi connectivity index (χ1n) is 16.6. The summed E-state index contributed by atoms with van der Waals surface area (Å²) >= 11 is 0. The molecule has 7 aromatic carbocycles. The number of fused-ring (bicyclic) bond motifs is 9. The second-order valence-corrected chi connectivity index (χ2v) is 13.4. The number of hydrogen-bond acceptors (Lipinski definition) is 2. The summed E-state index contributed by atoms with van der Waals surface area (Å²) in [5.74, 6) is 0. The highest BCUT2D eigenvalue weighted by molar-refractivity contribution is 6.22. The van der Waals surface area contributed by atoms with Gasteiger partial charge in [-0.3, -0.25) is 0 Å². The molecule has 0 radical (unpaired) electrons. The number of rotatable bonds is 3. The molecular formula is C45H31N3. The van der Waals surface area contributed by atoms with Crippen molar-refractivity contribution < 1.29 is 0 Å². The molecule has 10 rings (SSSR count). The summed E-state index contributed by atoms with van der Waals surface area (Å²) in [6.45, 7) is 4.71. The maximum atomic E-state index is 5.15. The van der Waals surface area contributed by atoms with E-state index in [2.05, 4.69) is 140 Å². The molecule has 0 saturated carbocycles. The molecular weight excluding hydrogens is 583 g/mol. The molecule has 9 aromatic rings. The summed E-state index contributed by atoms with van der Waals surface area (Å²) in [7, 11) is 0. The molecule has 48 heavy (non-hydrogen) atoms. The van der Waals surface area contributed by atoms with E-state index < -0.39 is 0 Å². The van der Waals surface area contributed by atoms with Crippen molar-refractivity contribution in [2.24, 2.45) is 0 Å². The van der Waals surface area contributed by atoms with Crippen LogP contribution in [0.1, 0.15) is 25.0 Å². The van der Waals surface area contributed by atoms with Crippen molar-refractivity contribution in [2.45, 2.75) is 19.3 Å². The Morgan fingerprint density at radius 2 is 1.12 bits per heavy atom. The first-order chi connectivity index (χ1) is 23.6. The van der Waals surface area contributed by atoms with Crippen LogP contribution in [0.2, 0.25) is 0 Å². The number of hydrogen-bond donors (Lipinski definition) is 0. The smallest absolute Gasteiger partial charge is 0.0973 e. The van der Waals surface area contributed by atoms with Gasteiger partial charge < -0.3 is 4.57 Å². The van der Waals surface area contributed by atoms with Crippen LogP contribution < -0.4 is 0 Å². The fourth-order valence-corrected chi connectivity index (χ4v) is 8.03. The zero-order valence-electron chi connectivity index (χ0n) is 26.8. The lowest BCUT2D eigenvalue weighted by Gasteiger charge is -2.21. The highest BCUT2D eigenvalue weighted by Gasteiger charge is 2.36. The standard InChI is InChI=1S/C45H31N3/c1-45(2)36-17-9-8-16-33(36)34-26-35-41(27-37(34)45)48(40-25-22-28-12-6-7-15-32(28)42(35)40)31-23-20-30(21-24-31)44-43(29-13-4-3-5-14-29)46-38-18-10-11-19-39(38)47-44/h3-27H,1-2H3. The van der Waals surface area contributed by atoms with Gasteiger partial charge in [0.15, 0.2) is 0 Å². The van der Waals surface area contributed by atoms with Gasteiger partial charge in [0.1, 0.15) is 0 Å². The van der Waals surface area contributed by atoms with E-state index in [0.717, 1.165) is 39.2 Å². The van der Waals surface area contributed by atoms with E-state index in [4.69, 9.17) is 9.97 Å². The molecule has 2 heterocycles. The minimum Gasteiger partial charge on any atom is -0.309 e. The Hall–Kier alpha value is -6.06. The first-order valence-corrected chi connectivity index (χ1v) is 16.6. The normalized spacial score (nSPS) is 13.4. The number of benzene rings is 7. The van der Waals surface area contributed by atoms with Crippen LogP contribution in [0.5, 0.6) is 0 Å². The third-order valence-corrected chi connectivity index (χ3v) is 10.4. The first kappa shape index (κ1) is 27.1. The highest BCUT2D eigenvalue weighted by atomic mass is 15.0. The zero-order chi connectivity index (χ0) is 32.0. The highest BCUT2D eigenvalue weighted by Crippen LogP contribution is 2.51.